The van der Waals surface area contributed by atoms with Crippen LogP contribution in [0, 0.1) is 0 Å². The summed E-state index contributed by atoms with van der Waals surface area (Å²) < 4.78 is 2.17. The Balaban J connectivity index is 2.24. The van der Waals surface area contributed by atoms with E-state index in [1.807, 2.05) is 11.8 Å². The molecule has 1 aromatic rings. The van der Waals surface area contributed by atoms with Gasteiger partial charge in [-0.15, -0.1) is 10.2 Å². The number of hydrogen-bond donors (Lipinski definition) is 1. The number of nitrogens with zero attached hydrogens (tertiary/aromatic N) is 3. The summed E-state index contributed by atoms with van der Waals surface area (Å²) in [5.74, 6) is 2.78. The highest BCUT2D eigenvalue weighted by atomic mass is 32.2. The molecule has 1 aliphatic rings. The Morgan fingerprint density at radius 3 is 2.95 bits per heavy atom. The van der Waals surface area contributed by atoms with Crippen LogP contribution in [0.25, 0.3) is 0 Å². The molecule has 2 rings (SSSR count). The standard InChI is InChI=1S/C12H19N3O2S2/c1-8(2)11-13-14-12(19-7-10(16)17)15(11)9-4-3-5-18-6-9/h8-9H,3-7H2,1-2H3,(H,16,17). The Bertz CT molecular complexity index is 442. The van der Waals surface area contributed by atoms with Gasteiger partial charge in [-0.25, -0.2) is 0 Å². The van der Waals surface area contributed by atoms with Crippen molar-refractivity contribution in [1.82, 2.24) is 14.8 Å². The molecule has 1 aliphatic heterocycles. The smallest absolute Gasteiger partial charge is 0.313 e. The minimum atomic E-state index is -0.816. The Kier molecular flexibility index (Phi) is 5.15. The van der Waals surface area contributed by atoms with Crippen LogP contribution < -0.4 is 0 Å². The summed E-state index contributed by atoms with van der Waals surface area (Å²) in [6.07, 6.45) is 2.33. The van der Waals surface area contributed by atoms with Gasteiger partial charge in [0, 0.05) is 17.7 Å². The average molecular weight is 301 g/mol. The summed E-state index contributed by atoms with van der Waals surface area (Å²) in [6.45, 7) is 4.20. The van der Waals surface area contributed by atoms with Gasteiger partial charge in [0.2, 0.25) is 0 Å². The number of aromatic nitrogens is 3. The molecule has 0 radical (unpaired) electrons. The van der Waals surface area contributed by atoms with E-state index in [2.05, 4.69) is 28.6 Å². The lowest BCUT2D eigenvalue weighted by molar-refractivity contribution is -0.133. The summed E-state index contributed by atoms with van der Waals surface area (Å²) in [5.41, 5.74) is 0. The monoisotopic (exact) mass is 301 g/mol. The van der Waals surface area contributed by atoms with Gasteiger partial charge in [-0.05, 0) is 18.6 Å². The summed E-state index contributed by atoms with van der Waals surface area (Å²) in [4.78, 5) is 10.7. The molecular formula is C12H19N3O2S2. The number of carboxylic acid groups (broad SMARTS) is 1. The third-order valence-corrected chi connectivity index (χ3v) is 5.16. The first-order valence-corrected chi connectivity index (χ1v) is 8.60. The highest BCUT2D eigenvalue weighted by molar-refractivity contribution is 7.99. The van der Waals surface area contributed by atoms with Crippen molar-refractivity contribution in [2.75, 3.05) is 17.3 Å². The maximum Gasteiger partial charge on any atom is 0.313 e. The van der Waals surface area contributed by atoms with Gasteiger partial charge >= 0.3 is 5.97 Å². The second-order valence-electron chi connectivity index (χ2n) is 4.92. The lowest BCUT2D eigenvalue weighted by atomic mass is 10.1. The second kappa shape index (κ2) is 6.65. The van der Waals surface area contributed by atoms with E-state index >= 15 is 0 Å². The Morgan fingerprint density at radius 1 is 1.58 bits per heavy atom. The van der Waals surface area contributed by atoms with Crippen molar-refractivity contribution in [2.24, 2.45) is 0 Å². The molecule has 2 heterocycles. The summed E-state index contributed by atoms with van der Waals surface area (Å²) in [5, 5.41) is 18.0. The van der Waals surface area contributed by atoms with Gasteiger partial charge in [0.05, 0.1) is 5.75 Å². The molecule has 1 aromatic heterocycles. The average Bonchev–Trinajstić information content (AvgIpc) is 2.81. The zero-order valence-corrected chi connectivity index (χ0v) is 12.8. The molecule has 0 amide bonds. The first-order valence-electron chi connectivity index (χ1n) is 6.46. The predicted molar refractivity (Wildman–Crippen MR) is 78.1 cm³/mol. The maximum atomic E-state index is 10.7. The van der Waals surface area contributed by atoms with E-state index in [-0.39, 0.29) is 5.75 Å². The highest BCUT2D eigenvalue weighted by Gasteiger charge is 2.24. The van der Waals surface area contributed by atoms with Crippen molar-refractivity contribution >= 4 is 29.5 Å². The van der Waals surface area contributed by atoms with Gasteiger partial charge in [-0.2, -0.15) is 11.8 Å². The topological polar surface area (TPSA) is 68.0 Å². The number of rotatable bonds is 5. The number of hydrogen-bond acceptors (Lipinski definition) is 5. The van der Waals surface area contributed by atoms with Gasteiger partial charge in [-0.3, -0.25) is 4.79 Å². The summed E-state index contributed by atoms with van der Waals surface area (Å²) in [7, 11) is 0. The van der Waals surface area contributed by atoms with Crippen LogP contribution in [0.2, 0.25) is 0 Å². The fraction of sp³-hybridized carbons (Fsp3) is 0.750. The van der Waals surface area contributed by atoms with Crippen LogP contribution in [-0.4, -0.2) is 43.1 Å². The van der Waals surface area contributed by atoms with E-state index in [4.69, 9.17) is 5.11 Å². The maximum absolute atomic E-state index is 10.7. The summed E-state index contributed by atoms with van der Waals surface area (Å²) >= 11 is 3.22. The molecule has 1 atom stereocenters. The van der Waals surface area contributed by atoms with Gasteiger partial charge < -0.3 is 9.67 Å². The molecule has 106 valence electrons. The molecule has 0 saturated carbocycles. The quantitative estimate of drug-likeness (QED) is 0.843. The number of carboxylic acids is 1. The first kappa shape index (κ1) is 14.7. The van der Waals surface area contributed by atoms with Crippen LogP contribution in [0.1, 0.15) is 44.5 Å². The van der Waals surface area contributed by atoms with Crippen LogP contribution in [0.3, 0.4) is 0 Å². The molecule has 1 fully saturated rings. The molecule has 5 nitrogen and oxygen atoms in total. The Labute approximate surface area is 121 Å². The number of thioether (sulfide) groups is 2. The molecule has 0 aliphatic carbocycles. The molecule has 1 N–H and O–H groups in total. The fourth-order valence-electron chi connectivity index (χ4n) is 2.18. The molecule has 7 heteroatoms. The second-order valence-corrected chi connectivity index (χ2v) is 7.01. The van der Waals surface area contributed by atoms with Gasteiger partial charge in [0.25, 0.3) is 0 Å². The third-order valence-electron chi connectivity index (χ3n) is 3.03. The van der Waals surface area contributed by atoms with Crippen LogP contribution in [0.5, 0.6) is 0 Å². The molecule has 0 bridgehead atoms. The van der Waals surface area contributed by atoms with E-state index in [1.165, 1.54) is 23.9 Å². The van der Waals surface area contributed by atoms with Crippen molar-refractivity contribution in [3.63, 3.8) is 0 Å². The van der Waals surface area contributed by atoms with Crippen molar-refractivity contribution in [3.8, 4) is 0 Å². The lowest BCUT2D eigenvalue weighted by Gasteiger charge is -2.26. The van der Waals surface area contributed by atoms with Crippen LogP contribution in [-0.2, 0) is 4.79 Å². The van der Waals surface area contributed by atoms with Gasteiger partial charge in [-0.1, -0.05) is 25.6 Å². The third kappa shape index (κ3) is 3.66. The van der Waals surface area contributed by atoms with Crippen molar-refractivity contribution < 1.29 is 9.90 Å². The highest BCUT2D eigenvalue weighted by Crippen LogP contribution is 2.33. The Hall–Kier alpha value is -0.690. The zero-order valence-electron chi connectivity index (χ0n) is 11.2. The normalized spacial score (nSPS) is 19.8. The van der Waals surface area contributed by atoms with E-state index in [1.54, 1.807) is 0 Å². The van der Waals surface area contributed by atoms with E-state index < -0.39 is 5.97 Å². The Morgan fingerprint density at radius 2 is 2.37 bits per heavy atom. The molecule has 1 saturated heterocycles. The molecule has 0 spiro atoms. The van der Waals surface area contributed by atoms with E-state index in [9.17, 15) is 4.79 Å². The molecular weight excluding hydrogens is 282 g/mol. The SMILES string of the molecule is CC(C)c1nnc(SCC(=O)O)n1C1CCCSC1. The van der Waals surface area contributed by atoms with Gasteiger partial charge in [0.1, 0.15) is 5.82 Å². The number of aliphatic carboxylic acids is 1. The van der Waals surface area contributed by atoms with Crippen molar-refractivity contribution in [3.05, 3.63) is 5.82 Å². The van der Waals surface area contributed by atoms with Crippen LogP contribution in [0.15, 0.2) is 5.16 Å². The summed E-state index contributed by atoms with van der Waals surface area (Å²) in [6, 6.07) is 0.405. The number of carbonyl (C=O) groups is 1. The lowest BCUT2D eigenvalue weighted by Crippen LogP contribution is -2.20. The molecule has 0 aromatic carbocycles. The van der Waals surface area contributed by atoms with Crippen molar-refractivity contribution in [1.29, 1.82) is 0 Å². The van der Waals surface area contributed by atoms with Crippen LogP contribution in [0.4, 0.5) is 0 Å². The van der Waals surface area contributed by atoms with Gasteiger partial charge in [0.15, 0.2) is 5.16 Å². The van der Waals surface area contributed by atoms with Crippen LogP contribution >= 0.6 is 23.5 Å². The fourth-order valence-corrected chi connectivity index (χ4v) is 4.04. The minimum Gasteiger partial charge on any atom is -0.481 e. The molecule has 1 unspecified atom stereocenters. The minimum absolute atomic E-state index is 0.0378. The zero-order chi connectivity index (χ0) is 13.8. The predicted octanol–water partition coefficient (Wildman–Crippen LogP) is 2.65. The van der Waals surface area contributed by atoms with E-state index in [0.717, 1.165) is 23.2 Å². The van der Waals surface area contributed by atoms with Crippen molar-refractivity contribution in [2.45, 2.75) is 43.8 Å². The largest absolute Gasteiger partial charge is 0.481 e. The molecule has 19 heavy (non-hydrogen) atoms. The van der Waals surface area contributed by atoms with E-state index in [0.29, 0.717) is 12.0 Å². The first-order chi connectivity index (χ1) is 9.09.